The van der Waals surface area contributed by atoms with Crippen LogP contribution < -0.4 is 5.32 Å². The van der Waals surface area contributed by atoms with Crippen LogP contribution in [0.1, 0.15) is 25.7 Å². The number of rotatable bonds is 4. The highest BCUT2D eigenvalue weighted by Crippen LogP contribution is 2.18. The van der Waals surface area contributed by atoms with Crippen LogP contribution >= 0.6 is 0 Å². The number of ether oxygens (including phenoxy) is 1. The Morgan fingerprint density at radius 1 is 1.27 bits per heavy atom. The van der Waals surface area contributed by atoms with Gasteiger partial charge in [0.15, 0.2) is 0 Å². The van der Waals surface area contributed by atoms with Crippen molar-refractivity contribution in [1.82, 2.24) is 10.2 Å². The van der Waals surface area contributed by atoms with Gasteiger partial charge in [0.25, 0.3) is 0 Å². The Labute approximate surface area is 93.2 Å². The minimum Gasteiger partial charge on any atom is -0.380 e. The van der Waals surface area contributed by atoms with E-state index < -0.39 is 0 Å². The van der Waals surface area contributed by atoms with E-state index >= 15 is 0 Å². The van der Waals surface area contributed by atoms with E-state index in [2.05, 4.69) is 17.3 Å². The Morgan fingerprint density at radius 3 is 2.73 bits per heavy atom. The molecule has 0 saturated carbocycles. The van der Waals surface area contributed by atoms with Crippen molar-refractivity contribution >= 4 is 0 Å². The van der Waals surface area contributed by atoms with Crippen LogP contribution in [0, 0.1) is 5.92 Å². The second-order valence-corrected chi connectivity index (χ2v) is 4.98. The fourth-order valence-corrected chi connectivity index (χ4v) is 2.61. The lowest BCUT2D eigenvalue weighted by atomic mass is 9.94. The van der Waals surface area contributed by atoms with Gasteiger partial charge in [0.1, 0.15) is 0 Å². The highest BCUT2D eigenvalue weighted by atomic mass is 16.5. The molecule has 15 heavy (non-hydrogen) atoms. The predicted molar refractivity (Wildman–Crippen MR) is 62.1 cm³/mol. The number of nitrogens with one attached hydrogen (secondary N) is 1. The summed E-state index contributed by atoms with van der Waals surface area (Å²) in [6, 6.07) is 0.687. The van der Waals surface area contributed by atoms with E-state index in [1.807, 2.05) is 0 Å². The normalized spacial score (nSPS) is 28.8. The maximum Gasteiger partial charge on any atom is 0.0622 e. The van der Waals surface area contributed by atoms with Gasteiger partial charge in [-0.1, -0.05) is 0 Å². The fourth-order valence-electron chi connectivity index (χ4n) is 2.61. The van der Waals surface area contributed by atoms with Crippen molar-refractivity contribution in [2.75, 3.05) is 39.9 Å². The van der Waals surface area contributed by atoms with E-state index in [1.165, 1.54) is 45.3 Å². The zero-order chi connectivity index (χ0) is 10.5. The lowest BCUT2D eigenvalue weighted by Crippen LogP contribution is -2.35. The molecular formula is C12H24N2O. The Morgan fingerprint density at radius 2 is 2.07 bits per heavy atom. The monoisotopic (exact) mass is 212 g/mol. The second kappa shape index (κ2) is 5.83. The second-order valence-electron chi connectivity index (χ2n) is 4.98. The summed E-state index contributed by atoms with van der Waals surface area (Å²) in [6.45, 7) is 5.60. The molecule has 3 nitrogen and oxygen atoms in total. The molecule has 1 unspecified atom stereocenters. The maximum atomic E-state index is 5.42. The first-order chi connectivity index (χ1) is 7.36. The topological polar surface area (TPSA) is 24.5 Å². The van der Waals surface area contributed by atoms with Crippen LogP contribution in [0.5, 0.6) is 0 Å². The summed E-state index contributed by atoms with van der Waals surface area (Å²) >= 11 is 0. The SMILES string of the molecule is CN(CCC1CCNCC1)C1CCOC1. The first kappa shape index (κ1) is 11.4. The summed E-state index contributed by atoms with van der Waals surface area (Å²) in [4.78, 5) is 2.50. The van der Waals surface area contributed by atoms with E-state index in [0.717, 1.165) is 19.1 Å². The van der Waals surface area contributed by atoms with Gasteiger partial charge in [-0.25, -0.2) is 0 Å². The van der Waals surface area contributed by atoms with Gasteiger partial charge < -0.3 is 15.0 Å². The quantitative estimate of drug-likeness (QED) is 0.755. The van der Waals surface area contributed by atoms with E-state index in [-0.39, 0.29) is 0 Å². The molecule has 3 heteroatoms. The Hall–Kier alpha value is -0.120. The minimum atomic E-state index is 0.687. The third-order valence-electron chi connectivity index (χ3n) is 3.88. The summed E-state index contributed by atoms with van der Waals surface area (Å²) in [6.07, 6.45) is 5.33. The Balaban J connectivity index is 1.63. The molecule has 0 aromatic rings. The first-order valence-electron chi connectivity index (χ1n) is 6.35. The number of nitrogens with zero attached hydrogens (tertiary/aromatic N) is 1. The molecule has 0 spiro atoms. The van der Waals surface area contributed by atoms with Gasteiger partial charge >= 0.3 is 0 Å². The van der Waals surface area contributed by atoms with Crippen LogP contribution in [-0.2, 0) is 4.74 Å². The van der Waals surface area contributed by atoms with Crippen LogP contribution in [0.4, 0.5) is 0 Å². The Kier molecular flexibility index (Phi) is 4.42. The molecule has 2 rings (SSSR count). The van der Waals surface area contributed by atoms with E-state index in [1.54, 1.807) is 0 Å². The van der Waals surface area contributed by atoms with E-state index in [4.69, 9.17) is 4.74 Å². The third-order valence-corrected chi connectivity index (χ3v) is 3.88. The molecule has 2 aliphatic rings. The van der Waals surface area contributed by atoms with Crippen molar-refractivity contribution in [3.8, 4) is 0 Å². The van der Waals surface area contributed by atoms with Crippen molar-refractivity contribution in [2.24, 2.45) is 5.92 Å². The zero-order valence-electron chi connectivity index (χ0n) is 9.87. The number of hydrogen-bond donors (Lipinski definition) is 1. The lowest BCUT2D eigenvalue weighted by Gasteiger charge is -2.27. The van der Waals surface area contributed by atoms with Gasteiger partial charge in [-0.3, -0.25) is 0 Å². The average molecular weight is 212 g/mol. The molecule has 1 N–H and O–H groups in total. The smallest absolute Gasteiger partial charge is 0.0622 e. The molecule has 0 bridgehead atoms. The molecule has 2 fully saturated rings. The highest BCUT2D eigenvalue weighted by molar-refractivity contribution is 4.75. The van der Waals surface area contributed by atoms with Gasteiger partial charge in [0, 0.05) is 12.6 Å². The summed E-state index contributed by atoms with van der Waals surface area (Å²) < 4.78 is 5.42. The molecule has 0 aromatic carbocycles. The molecule has 2 saturated heterocycles. The van der Waals surface area contributed by atoms with Crippen LogP contribution in [0.3, 0.4) is 0 Å². The molecule has 1 atom stereocenters. The molecule has 0 amide bonds. The fraction of sp³-hybridized carbons (Fsp3) is 1.00. The molecule has 0 aromatic heterocycles. The van der Waals surface area contributed by atoms with Gasteiger partial charge in [0.05, 0.1) is 6.61 Å². The summed E-state index contributed by atoms with van der Waals surface area (Å²) in [5.74, 6) is 0.955. The van der Waals surface area contributed by atoms with E-state index in [0.29, 0.717) is 6.04 Å². The Bertz CT molecular complexity index is 174. The van der Waals surface area contributed by atoms with Gasteiger partial charge in [-0.15, -0.1) is 0 Å². The van der Waals surface area contributed by atoms with Crippen molar-refractivity contribution < 1.29 is 4.74 Å². The van der Waals surface area contributed by atoms with Crippen molar-refractivity contribution in [3.63, 3.8) is 0 Å². The zero-order valence-corrected chi connectivity index (χ0v) is 9.87. The van der Waals surface area contributed by atoms with Crippen LogP contribution in [0.25, 0.3) is 0 Å². The number of piperidine rings is 1. The van der Waals surface area contributed by atoms with Crippen molar-refractivity contribution in [2.45, 2.75) is 31.7 Å². The van der Waals surface area contributed by atoms with Gasteiger partial charge in [-0.2, -0.15) is 0 Å². The molecule has 2 heterocycles. The van der Waals surface area contributed by atoms with E-state index in [9.17, 15) is 0 Å². The molecular weight excluding hydrogens is 188 g/mol. The average Bonchev–Trinajstić information content (AvgIpc) is 2.81. The van der Waals surface area contributed by atoms with Crippen LogP contribution in [0.2, 0.25) is 0 Å². The molecule has 0 aliphatic carbocycles. The molecule has 2 aliphatic heterocycles. The predicted octanol–water partition coefficient (Wildman–Crippen LogP) is 1.10. The maximum absolute atomic E-state index is 5.42. The third kappa shape index (κ3) is 3.44. The number of hydrogen-bond acceptors (Lipinski definition) is 3. The standard InChI is InChI=1S/C12H24N2O/c1-14(12-5-9-15-10-12)8-4-11-2-6-13-7-3-11/h11-13H,2-10H2,1H3. The van der Waals surface area contributed by atoms with Crippen LogP contribution in [-0.4, -0.2) is 50.8 Å². The summed E-state index contributed by atoms with van der Waals surface area (Å²) in [7, 11) is 2.25. The molecule has 88 valence electrons. The lowest BCUT2D eigenvalue weighted by molar-refractivity contribution is 0.153. The summed E-state index contributed by atoms with van der Waals surface area (Å²) in [5.41, 5.74) is 0. The largest absolute Gasteiger partial charge is 0.380 e. The highest BCUT2D eigenvalue weighted by Gasteiger charge is 2.21. The first-order valence-corrected chi connectivity index (χ1v) is 6.35. The van der Waals surface area contributed by atoms with Gasteiger partial charge in [0.2, 0.25) is 0 Å². The van der Waals surface area contributed by atoms with Gasteiger partial charge in [-0.05, 0) is 58.3 Å². The van der Waals surface area contributed by atoms with Crippen molar-refractivity contribution in [1.29, 1.82) is 0 Å². The minimum absolute atomic E-state index is 0.687. The van der Waals surface area contributed by atoms with Crippen LogP contribution in [0.15, 0.2) is 0 Å². The summed E-state index contributed by atoms with van der Waals surface area (Å²) in [5, 5.41) is 3.42. The van der Waals surface area contributed by atoms with Crippen molar-refractivity contribution in [3.05, 3.63) is 0 Å². The number of likely N-dealkylation sites (N-methyl/N-ethyl adjacent to an activating group) is 1. The molecule has 0 radical (unpaired) electrons.